The molecule has 0 fully saturated rings. The van der Waals surface area contributed by atoms with E-state index in [2.05, 4.69) is 17.4 Å². The third-order valence-corrected chi connectivity index (χ3v) is 3.28. The van der Waals surface area contributed by atoms with E-state index in [9.17, 15) is 5.11 Å². The predicted molar refractivity (Wildman–Crippen MR) is 68.7 cm³/mol. The number of anilines is 1. The van der Waals surface area contributed by atoms with E-state index >= 15 is 0 Å². The van der Waals surface area contributed by atoms with Crippen LogP contribution in [0.5, 0.6) is 5.75 Å². The average molecular weight is 229 g/mol. The van der Waals surface area contributed by atoms with Gasteiger partial charge in [0, 0.05) is 29.4 Å². The molecule has 0 amide bonds. The molecule has 2 aromatic rings. The molecule has 0 radical (unpaired) electrons. The highest BCUT2D eigenvalue weighted by atomic mass is 16.5. The largest absolute Gasteiger partial charge is 0.496 e. The van der Waals surface area contributed by atoms with E-state index < -0.39 is 0 Å². The Morgan fingerprint density at radius 1 is 1.29 bits per heavy atom. The van der Waals surface area contributed by atoms with Crippen molar-refractivity contribution in [3.8, 4) is 5.75 Å². The molecule has 0 bridgehead atoms. The molecule has 1 atom stereocenters. The Kier molecular flexibility index (Phi) is 2.41. The van der Waals surface area contributed by atoms with Crippen molar-refractivity contribution in [2.24, 2.45) is 0 Å². The Morgan fingerprint density at radius 2 is 2.06 bits per heavy atom. The van der Waals surface area contributed by atoms with Crippen LogP contribution in [0.25, 0.3) is 10.8 Å². The van der Waals surface area contributed by atoms with Crippen molar-refractivity contribution in [2.45, 2.75) is 12.5 Å². The number of fused-ring (bicyclic) bond motifs is 3. The number of hydrogen-bond acceptors (Lipinski definition) is 3. The number of aliphatic hydroxyl groups is 1. The quantitative estimate of drug-likeness (QED) is 0.787. The second-order valence-corrected chi connectivity index (χ2v) is 4.40. The van der Waals surface area contributed by atoms with Crippen molar-refractivity contribution in [1.29, 1.82) is 0 Å². The zero-order valence-corrected chi connectivity index (χ0v) is 9.73. The minimum absolute atomic E-state index is 0.312. The summed E-state index contributed by atoms with van der Waals surface area (Å²) in [5.74, 6) is 0.871. The van der Waals surface area contributed by atoms with Gasteiger partial charge in [-0.15, -0.1) is 0 Å². The Labute approximate surface area is 100 Å². The van der Waals surface area contributed by atoms with E-state index in [0.29, 0.717) is 13.0 Å². The van der Waals surface area contributed by atoms with Crippen LogP contribution in [-0.4, -0.2) is 24.9 Å². The molecule has 0 saturated heterocycles. The van der Waals surface area contributed by atoms with Gasteiger partial charge in [-0.2, -0.15) is 0 Å². The van der Waals surface area contributed by atoms with Gasteiger partial charge in [0.25, 0.3) is 0 Å². The maximum absolute atomic E-state index is 9.69. The van der Waals surface area contributed by atoms with Gasteiger partial charge in [0.1, 0.15) is 5.75 Å². The minimum Gasteiger partial charge on any atom is -0.496 e. The van der Waals surface area contributed by atoms with Crippen molar-refractivity contribution in [1.82, 2.24) is 0 Å². The topological polar surface area (TPSA) is 41.5 Å². The van der Waals surface area contributed by atoms with E-state index in [1.165, 1.54) is 0 Å². The molecule has 3 heteroatoms. The highest BCUT2D eigenvalue weighted by Crippen LogP contribution is 2.37. The van der Waals surface area contributed by atoms with Crippen molar-refractivity contribution in [3.05, 3.63) is 35.9 Å². The van der Waals surface area contributed by atoms with Crippen LogP contribution >= 0.6 is 0 Å². The van der Waals surface area contributed by atoms with E-state index in [0.717, 1.165) is 27.8 Å². The van der Waals surface area contributed by atoms with Gasteiger partial charge >= 0.3 is 0 Å². The molecule has 0 saturated carbocycles. The maximum Gasteiger partial charge on any atom is 0.127 e. The molecule has 0 aliphatic carbocycles. The fourth-order valence-corrected chi connectivity index (χ4v) is 2.48. The van der Waals surface area contributed by atoms with Crippen molar-refractivity contribution >= 4 is 16.5 Å². The molecular formula is C14H15NO2. The van der Waals surface area contributed by atoms with Crippen molar-refractivity contribution < 1.29 is 9.84 Å². The van der Waals surface area contributed by atoms with Crippen LogP contribution in [-0.2, 0) is 6.42 Å². The maximum atomic E-state index is 9.69. The number of benzene rings is 2. The summed E-state index contributed by atoms with van der Waals surface area (Å²) in [6.45, 7) is 0.614. The first-order valence-electron chi connectivity index (χ1n) is 5.80. The number of aliphatic hydroxyl groups excluding tert-OH is 1. The zero-order chi connectivity index (χ0) is 11.8. The SMILES string of the molecule is COc1cc2c(c3ccccc13)NCC(O)C2. The third-order valence-electron chi connectivity index (χ3n) is 3.28. The van der Waals surface area contributed by atoms with Crippen LogP contribution < -0.4 is 10.1 Å². The molecule has 0 spiro atoms. The van der Waals surface area contributed by atoms with Gasteiger partial charge in [-0.3, -0.25) is 0 Å². The molecular weight excluding hydrogens is 214 g/mol. The summed E-state index contributed by atoms with van der Waals surface area (Å²) in [6, 6.07) is 10.2. The second kappa shape index (κ2) is 3.93. The average Bonchev–Trinajstić information content (AvgIpc) is 2.37. The standard InChI is InChI=1S/C14H15NO2/c1-17-13-7-9-6-10(16)8-15-14(9)12-5-3-2-4-11(12)13/h2-5,7,10,15-16H,6,8H2,1H3. The van der Waals surface area contributed by atoms with Crippen LogP contribution in [0.1, 0.15) is 5.56 Å². The summed E-state index contributed by atoms with van der Waals surface area (Å²) < 4.78 is 5.42. The molecule has 3 rings (SSSR count). The molecule has 1 aliphatic heterocycles. The van der Waals surface area contributed by atoms with Crippen LogP contribution in [0.15, 0.2) is 30.3 Å². The van der Waals surface area contributed by atoms with Gasteiger partial charge in [0.05, 0.1) is 13.2 Å². The molecule has 17 heavy (non-hydrogen) atoms. The first-order chi connectivity index (χ1) is 8.29. The normalized spacial score (nSPS) is 18.6. The van der Waals surface area contributed by atoms with Gasteiger partial charge in [0.15, 0.2) is 0 Å². The summed E-state index contributed by atoms with van der Waals surface area (Å²) in [4.78, 5) is 0. The summed E-state index contributed by atoms with van der Waals surface area (Å²) in [5, 5.41) is 15.3. The molecule has 3 nitrogen and oxygen atoms in total. The lowest BCUT2D eigenvalue weighted by molar-refractivity contribution is 0.184. The fourth-order valence-electron chi connectivity index (χ4n) is 2.48. The van der Waals surface area contributed by atoms with Crippen LogP contribution in [0.2, 0.25) is 0 Å². The Morgan fingerprint density at radius 3 is 2.82 bits per heavy atom. The molecule has 0 aromatic heterocycles. The van der Waals surface area contributed by atoms with Gasteiger partial charge < -0.3 is 15.2 Å². The lowest BCUT2D eigenvalue weighted by atomic mass is 9.96. The number of rotatable bonds is 1. The van der Waals surface area contributed by atoms with Crippen LogP contribution in [0, 0.1) is 0 Å². The number of hydrogen-bond donors (Lipinski definition) is 2. The van der Waals surface area contributed by atoms with Crippen molar-refractivity contribution in [2.75, 3.05) is 19.0 Å². The second-order valence-electron chi connectivity index (χ2n) is 4.40. The number of β-amino-alcohol motifs (C(OH)–C–C–N with tert-alkyl or cyclic N) is 1. The van der Waals surface area contributed by atoms with Gasteiger partial charge in [-0.25, -0.2) is 0 Å². The zero-order valence-electron chi connectivity index (χ0n) is 9.73. The Balaban J connectivity index is 2.30. The fraction of sp³-hybridized carbons (Fsp3) is 0.286. The lowest BCUT2D eigenvalue weighted by Crippen LogP contribution is -2.27. The molecule has 1 heterocycles. The summed E-state index contributed by atoms with van der Waals surface area (Å²) in [6.07, 6.45) is 0.372. The third kappa shape index (κ3) is 1.63. The number of nitrogens with one attached hydrogen (secondary N) is 1. The highest BCUT2D eigenvalue weighted by Gasteiger charge is 2.19. The van der Waals surface area contributed by atoms with Gasteiger partial charge in [-0.05, 0) is 11.6 Å². The Hall–Kier alpha value is -1.74. The minimum atomic E-state index is -0.312. The molecule has 88 valence electrons. The summed E-state index contributed by atoms with van der Waals surface area (Å²) in [5.41, 5.74) is 2.26. The van der Waals surface area contributed by atoms with Crippen LogP contribution in [0.4, 0.5) is 5.69 Å². The van der Waals surface area contributed by atoms with E-state index in [-0.39, 0.29) is 6.10 Å². The highest BCUT2D eigenvalue weighted by molar-refractivity contribution is 5.99. The molecule has 1 aliphatic rings. The van der Waals surface area contributed by atoms with Crippen LogP contribution in [0.3, 0.4) is 0 Å². The summed E-state index contributed by atoms with van der Waals surface area (Å²) >= 11 is 0. The Bertz CT molecular complexity index is 565. The number of methoxy groups -OCH3 is 1. The van der Waals surface area contributed by atoms with Gasteiger partial charge in [-0.1, -0.05) is 24.3 Å². The van der Waals surface area contributed by atoms with Gasteiger partial charge in [0.2, 0.25) is 0 Å². The van der Waals surface area contributed by atoms with Crippen molar-refractivity contribution in [3.63, 3.8) is 0 Å². The summed E-state index contributed by atoms with van der Waals surface area (Å²) in [7, 11) is 1.68. The van der Waals surface area contributed by atoms with E-state index in [1.54, 1.807) is 7.11 Å². The monoisotopic (exact) mass is 229 g/mol. The van der Waals surface area contributed by atoms with E-state index in [4.69, 9.17) is 4.74 Å². The number of ether oxygens (including phenoxy) is 1. The molecule has 2 N–H and O–H groups in total. The molecule has 1 unspecified atom stereocenters. The molecule has 2 aromatic carbocycles. The first-order valence-corrected chi connectivity index (χ1v) is 5.80. The predicted octanol–water partition coefficient (Wildman–Crippen LogP) is 2.18. The van der Waals surface area contributed by atoms with E-state index in [1.807, 2.05) is 18.2 Å². The lowest BCUT2D eigenvalue weighted by Gasteiger charge is -2.25. The smallest absolute Gasteiger partial charge is 0.127 e. The first kappa shape index (κ1) is 10.4.